The second-order valence-electron chi connectivity index (χ2n) is 5.54. The first-order valence-electron chi connectivity index (χ1n) is 7.08. The molecule has 4 nitrogen and oxygen atoms in total. The third-order valence-corrected chi connectivity index (χ3v) is 3.65. The van der Waals surface area contributed by atoms with E-state index in [0.717, 1.165) is 18.8 Å². The number of halogens is 1. The molecule has 5 heteroatoms. The molecular weight excluding hydrogens is 278 g/mol. The first-order chi connectivity index (χ1) is 9.52. The van der Waals surface area contributed by atoms with Crippen molar-refractivity contribution in [1.29, 1.82) is 0 Å². The average molecular weight is 301 g/mol. The van der Waals surface area contributed by atoms with Gasteiger partial charge in [0.1, 0.15) is 50.3 Å². The molecule has 1 fully saturated rings. The van der Waals surface area contributed by atoms with Gasteiger partial charge in [-0.2, -0.15) is 0 Å². The van der Waals surface area contributed by atoms with Crippen molar-refractivity contribution in [3.8, 4) is 5.75 Å². The van der Waals surface area contributed by atoms with Crippen molar-refractivity contribution < 1.29 is 19.5 Å². The van der Waals surface area contributed by atoms with Crippen LogP contribution in [0, 0.1) is 0 Å². The highest BCUT2D eigenvalue weighted by Gasteiger charge is 2.27. The molecule has 112 valence electrons. The number of aliphatic hydroxyl groups is 1. The van der Waals surface area contributed by atoms with Crippen LogP contribution in [-0.4, -0.2) is 49.7 Å². The molecule has 0 bridgehead atoms. The Labute approximate surface area is 125 Å². The third kappa shape index (κ3) is 4.94. The number of hydrogen-bond donors (Lipinski definition) is 2. The minimum atomic E-state index is -0.474. The first-order valence-corrected chi connectivity index (χ1v) is 7.46. The Morgan fingerprint density at radius 3 is 2.50 bits per heavy atom. The molecule has 0 aromatic heterocycles. The zero-order chi connectivity index (χ0) is 14.5. The molecule has 1 saturated heterocycles. The van der Waals surface area contributed by atoms with Crippen molar-refractivity contribution in [2.75, 3.05) is 26.2 Å². The van der Waals surface area contributed by atoms with Crippen molar-refractivity contribution in [3.63, 3.8) is 0 Å². The van der Waals surface area contributed by atoms with E-state index in [1.165, 1.54) is 4.90 Å². The highest BCUT2D eigenvalue weighted by Crippen LogP contribution is 2.15. The molecule has 0 saturated carbocycles. The van der Waals surface area contributed by atoms with E-state index < -0.39 is 6.10 Å². The quantitative estimate of drug-likeness (QED) is 0.844. The van der Waals surface area contributed by atoms with E-state index in [-0.39, 0.29) is 12.2 Å². The lowest BCUT2D eigenvalue weighted by atomic mass is 10.2. The number of ether oxygens (including phenoxy) is 2. The number of aliphatic hydroxyl groups excluding tert-OH is 1. The largest absolute Gasteiger partial charge is 0.491 e. The van der Waals surface area contributed by atoms with Gasteiger partial charge in [-0.3, -0.25) is 0 Å². The summed E-state index contributed by atoms with van der Waals surface area (Å²) in [5, 5.41) is 10.8. The second-order valence-corrected chi connectivity index (χ2v) is 5.97. The molecule has 2 rings (SSSR count). The number of quaternary nitrogens is 1. The van der Waals surface area contributed by atoms with Crippen molar-refractivity contribution in [3.05, 3.63) is 29.3 Å². The number of hydrogen-bond acceptors (Lipinski definition) is 3. The van der Waals surface area contributed by atoms with E-state index in [1.807, 2.05) is 0 Å². The van der Waals surface area contributed by atoms with Crippen LogP contribution in [0.5, 0.6) is 5.75 Å². The highest BCUT2D eigenvalue weighted by molar-refractivity contribution is 6.30. The first kappa shape index (κ1) is 15.6. The molecular formula is C15H23ClNO3+. The minimum Gasteiger partial charge on any atom is -0.491 e. The Morgan fingerprint density at radius 1 is 1.30 bits per heavy atom. The third-order valence-electron chi connectivity index (χ3n) is 3.40. The van der Waals surface area contributed by atoms with Crippen LogP contribution in [0.4, 0.5) is 0 Å². The van der Waals surface area contributed by atoms with Crippen LogP contribution < -0.4 is 9.64 Å². The van der Waals surface area contributed by atoms with Crippen LogP contribution in [0.3, 0.4) is 0 Å². The molecule has 1 aliphatic heterocycles. The van der Waals surface area contributed by atoms with Gasteiger partial charge in [0, 0.05) is 5.02 Å². The maximum absolute atomic E-state index is 10.1. The van der Waals surface area contributed by atoms with E-state index in [4.69, 9.17) is 21.1 Å². The molecule has 4 atom stereocenters. The normalized spacial score (nSPS) is 28.1. The molecule has 1 heterocycles. The molecule has 0 aliphatic carbocycles. The molecule has 0 amide bonds. The highest BCUT2D eigenvalue weighted by atomic mass is 35.5. The van der Waals surface area contributed by atoms with Gasteiger partial charge >= 0.3 is 0 Å². The van der Waals surface area contributed by atoms with Crippen molar-refractivity contribution >= 4 is 11.6 Å². The SMILES string of the molecule is C[C@@H]1C[NH+](C[C@H](O)COc2ccc(Cl)cc2)C[C@H](C)O1. The predicted octanol–water partition coefficient (Wildman–Crippen LogP) is 0.772. The van der Waals surface area contributed by atoms with E-state index in [9.17, 15) is 5.11 Å². The average Bonchev–Trinajstić information content (AvgIpc) is 2.37. The minimum absolute atomic E-state index is 0.248. The van der Waals surface area contributed by atoms with Gasteiger partial charge in [0.05, 0.1) is 0 Å². The zero-order valence-electron chi connectivity index (χ0n) is 12.0. The summed E-state index contributed by atoms with van der Waals surface area (Å²) in [4.78, 5) is 1.36. The Balaban J connectivity index is 1.74. The lowest BCUT2D eigenvalue weighted by Gasteiger charge is -2.33. The molecule has 20 heavy (non-hydrogen) atoms. The molecule has 1 aliphatic rings. The number of nitrogens with one attached hydrogen (secondary N) is 1. The Kier molecular flexibility index (Phi) is 5.66. The van der Waals surface area contributed by atoms with Crippen molar-refractivity contribution in [1.82, 2.24) is 0 Å². The zero-order valence-corrected chi connectivity index (χ0v) is 12.8. The van der Waals surface area contributed by atoms with Gasteiger partial charge in [-0.05, 0) is 38.1 Å². The fraction of sp³-hybridized carbons (Fsp3) is 0.600. The molecule has 1 unspecified atom stereocenters. The van der Waals surface area contributed by atoms with Gasteiger partial charge in [-0.15, -0.1) is 0 Å². The summed E-state index contributed by atoms with van der Waals surface area (Å²) in [6, 6.07) is 7.17. The Bertz CT molecular complexity index is 402. The molecule has 0 spiro atoms. The van der Waals surface area contributed by atoms with Gasteiger partial charge in [0.2, 0.25) is 0 Å². The molecule has 1 aromatic carbocycles. The summed E-state index contributed by atoms with van der Waals surface area (Å²) >= 11 is 5.81. The van der Waals surface area contributed by atoms with Crippen LogP contribution >= 0.6 is 11.6 Å². The number of rotatable bonds is 5. The van der Waals surface area contributed by atoms with Crippen LogP contribution in [0.15, 0.2) is 24.3 Å². The molecule has 2 N–H and O–H groups in total. The summed E-state index contributed by atoms with van der Waals surface area (Å²) < 4.78 is 11.3. The fourth-order valence-electron chi connectivity index (χ4n) is 2.67. The van der Waals surface area contributed by atoms with Crippen molar-refractivity contribution in [2.45, 2.75) is 32.2 Å². The van der Waals surface area contributed by atoms with E-state index in [0.29, 0.717) is 18.2 Å². The Hall–Kier alpha value is -0.810. The Morgan fingerprint density at radius 2 is 1.90 bits per heavy atom. The van der Waals surface area contributed by atoms with Gasteiger partial charge in [-0.1, -0.05) is 11.6 Å². The van der Waals surface area contributed by atoms with E-state index >= 15 is 0 Å². The number of morpholine rings is 1. The van der Waals surface area contributed by atoms with Crippen LogP contribution in [0.25, 0.3) is 0 Å². The summed E-state index contributed by atoms with van der Waals surface area (Å²) in [6.07, 6.45) is 0.0226. The van der Waals surface area contributed by atoms with Crippen LogP contribution in [0.2, 0.25) is 5.02 Å². The lowest BCUT2D eigenvalue weighted by molar-refractivity contribution is -0.918. The van der Waals surface area contributed by atoms with Gasteiger partial charge in [-0.25, -0.2) is 0 Å². The maximum Gasteiger partial charge on any atom is 0.137 e. The summed E-state index contributed by atoms with van der Waals surface area (Å²) in [6.45, 7) is 7.00. The second kappa shape index (κ2) is 7.27. The predicted molar refractivity (Wildman–Crippen MR) is 78.5 cm³/mol. The summed E-state index contributed by atoms with van der Waals surface area (Å²) in [5.74, 6) is 0.729. The van der Waals surface area contributed by atoms with E-state index in [2.05, 4.69) is 13.8 Å². The van der Waals surface area contributed by atoms with Gasteiger partial charge in [0.25, 0.3) is 0 Å². The van der Waals surface area contributed by atoms with E-state index in [1.54, 1.807) is 24.3 Å². The lowest BCUT2D eigenvalue weighted by Crippen LogP contribution is -3.16. The van der Waals surface area contributed by atoms with Crippen LogP contribution in [-0.2, 0) is 4.74 Å². The summed E-state index contributed by atoms with van der Waals surface area (Å²) in [5.41, 5.74) is 0. The monoisotopic (exact) mass is 300 g/mol. The smallest absolute Gasteiger partial charge is 0.137 e. The topological polar surface area (TPSA) is 43.1 Å². The maximum atomic E-state index is 10.1. The summed E-state index contributed by atoms with van der Waals surface area (Å²) in [7, 11) is 0. The van der Waals surface area contributed by atoms with Crippen LogP contribution in [0.1, 0.15) is 13.8 Å². The van der Waals surface area contributed by atoms with Gasteiger partial charge < -0.3 is 19.5 Å². The fourth-order valence-corrected chi connectivity index (χ4v) is 2.80. The van der Waals surface area contributed by atoms with Gasteiger partial charge in [0.15, 0.2) is 0 Å². The standard InChI is InChI=1S/C15H22ClNO3/c1-11-7-17(8-12(2)20-11)9-14(18)10-19-15-5-3-13(16)4-6-15/h3-6,11-12,14,18H,7-10H2,1-2H3/p+1/t11-,12+,14-/m0/s1. The van der Waals surface area contributed by atoms with Crippen molar-refractivity contribution in [2.24, 2.45) is 0 Å². The number of benzene rings is 1. The molecule has 1 aromatic rings. The molecule has 0 radical (unpaired) electrons.